The molecule has 1 aromatic heterocycles. The van der Waals surface area contributed by atoms with Crippen LogP contribution in [-0.2, 0) is 6.54 Å². The molecule has 0 aliphatic rings. The van der Waals surface area contributed by atoms with Crippen molar-refractivity contribution in [3.63, 3.8) is 0 Å². The van der Waals surface area contributed by atoms with E-state index in [1.807, 2.05) is 13.0 Å². The van der Waals surface area contributed by atoms with Crippen molar-refractivity contribution in [3.8, 4) is 11.1 Å². The summed E-state index contributed by atoms with van der Waals surface area (Å²) in [5, 5.41) is 3.29. The van der Waals surface area contributed by atoms with Crippen LogP contribution in [0.4, 0.5) is 4.39 Å². The smallest absolute Gasteiger partial charge is 0.142 e. The van der Waals surface area contributed by atoms with Gasteiger partial charge in [0.15, 0.2) is 0 Å². The van der Waals surface area contributed by atoms with Crippen LogP contribution in [0.15, 0.2) is 36.7 Å². The van der Waals surface area contributed by atoms with Gasteiger partial charge in [0.05, 0.1) is 6.20 Å². The molecule has 0 radical (unpaired) electrons. The molecular formula is C15H17FN2. The maximum Gasteiger partial charge on any atom is 0.142 e. The van der Waals surface area contributed by atoms with Gasteiger partial charge in [-0.2, -0.15) is 0 Å². The van der Waals surface area contributed by atoms with Crippen molar-refractivity contribution in [2.24, 2.45) is 0 Å². The van der Waals surface area contributed by atoms with E-state index in [4.69, 9.17) is 0 Å². The van der Waals surface area contributed by atoms with Gasteiger partial charge in [0, 0.05) is 18.3 Å². The Kier molecular flexibility index (Phi) is 4.05. The molecule has 0 amide bonds. The molecule has 0 unspecified atom stereocenters. The number of aromatic nitrogens is 1. The third kappa shape index (κ3) is 2.93. The molecule has 18 heavy (non-hydrogen) atoms. The van der Waals surface area contributed by atoms with Crippen LogP contribution in [0.1, 0.15) is 18.1 Å². The Balaban J connectivity index is 2.29. The lowest BCUT2D eigenvalue weighted by Crippen LogP contribution is -2.11. The largest absolute Gasteiger partial charge is 0.313 e. The maximum absolute atomic E-state index is 13.2. The Hall–Kier alpha value is -1.74. The highest BCUT2D eigenvalue weighted by atomic mass is 19.1. The van der Waals surface area contributed by atoms with E-state index in [1.54, 1.807) is 6.20 Å². The molecule has 0 atom stereocenters. The van der Waals surface area contributed by atoms with Crippen LogP contribution < -0.4 is 5.32 Å². The Morgan fingerprint density at radius 3 is 2.72 bits per heavy atom. The van der Waals surface area contributed by atoms with Gasteiger partial charge in [-0.1, -0.05) is 25.1 Å². The maximum atomic E-state index is 13.2. The summed E-state index contributed by atoms with van der Waals surface area (Å²) in [6.45, 7) is 5.93. The number of aryl methyl sites for hydroxylation is 1. The van der Waals surface area contributed by atoms with Crippen molar-refractivity contribution in [3.05, 3.63) is 53.6 Å². The number of benzene rings is 1. The lowest BCUT2D eigenvalue weighted by atomic mass is 9.99. The van der Waals surface area contributed by atoms with E-state index >= 15 is 0 Å². The predicted molar refractivity (Wildman–Crippen MR) is 71.7 cm³/mol. The Morgan fingerprint density at radius 1 is 1.22 bits per heavy atom. The van der Waals surface area contributed by atoms with E-state index < -0.39 is 0 Å². The van der Waals surface area contributed by atoms with Crippen LogP contribution in [-0.4, -0.2) is 11.5 Å². The summed E-state index contributed by atoms with van der Waals surface area (Å²) in [5.74, 6) is -0.302. The summed E-state index contributed by atoms with van der Waals surface area (Å²) in [7, 11) is 0. The van der Waals surface area contributed by atoms with E-state index in [9.17, 15) is 4.39 Å². The second-order valence-corrected chi connectivity index (χ2v) is 4.32. The molecule has 0 aliphatic carbocycles. The second-order valence-electron chi connectivity index (χ2n) is 4.32. The fraction of sp³-hybridized carbons (Fsp3) is 0.267. The Bertz CT molecular complexity index is 538. The van der Waals surface area contributed by atoms with E-state index in [2.05, 4.69) is 29.4 Å². The summed E-state index contributed by atoms with van der Waals surface area (Å²) >= 11 is 0. The van der Waals surface area contributed by atoms with Crippen molar-refractivity contribution in [2.45, 2.75) is 20.4 Å². The van der Waals surface area contributed by atoms with Gasteiger partial charge in [0.2, 0.25) is 0 Å². The number of rotatable bonds is 4. The first-order valence-corrected chi connectivity index (χ1v) is 6.12. The first kappa shape index (κ1) is 12.7. The summed E-state index contributed by atoms with van der Waals surface area (Å²) in [6.07, 6.45) is 2.91. The van der Waals surface area contributed by atoms with Crippen molar-refractivity contribution in [2.75, 3.05) is 6.54 Å². The zero-order chi connectivity index (χ0) is 13.0. The molecule has 2 nitrogen and oxygen atoms in total. The molecule has 0 bridgehead atoms. The molecule has 1 heterocycles. The number of pyridine rings is 1. The first-order valence-electron chi connectivity index (χ1n) is 6.12. The topological polar surface area (TPSA) is 24.9 Å². The molecule has 0 saturated carbocycles. The van der Waals surface area contributed by atoms with Crippen LogP contribution in [0.25, 0.3) is 11.1 Å². The normalized spacial score (nSPS) is 10.6. The summed E-state index contributed by atoms with van der Waals surface area (Å²) in [6, 6.07) is 7.73. The highest BCUT2D eigenvalue weighted by Crippen LogP contribution is 2.24. The fourth-order valence-corrected chi connectivity index (χ4v) is 1.99. The minimum atomic E-state index is -0.302. The molecule has 2 rings (SSSR count). The quantitative estimate of drug-likeness (QED) is 0.892. The summed E-state index contributed by atoms with van der Waals surface area (Å²) in [4.78, 5) is 3.89. The molecule has 0 fully saturated rings. The molecule has 1 N–H and O–H groups in total. The monoisotopic (exact) mass is 244 g/mol. The van der Waals surface area contributed by atoms with Crippen molar-refractivity contribution in [1.82, 2.24) is 10.3 Å². The second kappa shape index (κ2) is 5.74. The molecule has 94 valence electrons. The average molecular weight is 244 g/mol. The standard InChI is InChI=1S/C15H17FN2/c1-3-17-8-12-4-5-15(11(2)6-12)13-7-14(16)10-18-9-13/h4-7,9-10,17H,3,8H2,1-2H3. The minimum Gasteiger partial charge on any atom is -0.313 e. The highest BCUT2D eigenvalue weighted by Gasteiger charge is 2.04. The van der Waals surface area contributed by atoms with E-state index in [1.165, 1.54) is 17.8 Å². The zero-order valence-electron chi connectivity index (χ0n) is 10.7. The van der Waals surface area contributed by atoms with Gasteiger partial charge in [-0.3, -0.25) is 4.98 Å². The molecule has 3 heteroatoms. The van der Waals surface area contributed by atoms with Crippen LogP contribution in [0.2, 0.25) is 0 Å². The SMILES string of the molecule is CCNCc1ccc(-c2cncc(F)c2)c(C)c1. The van der Waals surface area contributed by atoms with Gasteiger partial charge in [0.25, 0.3) is 0 Å². The zero-order valence-corrected chi connectivity index (χ0v) is 10.7. The number of nitrogens with zero attached hydrogens (tertiary/aromatic N) is 1. The third-order valence-corrected chi connectivity index (χ3v) is 2.89. The predicted octanol–water partition coefficient (Wildman–Crippen LogP) is 3.31. The van der Waals surface area contributed by atoms with Gasteiger partial charge >= 0.3 is 0 Å². The van der Waals surface area contributed by atoms with Crippen LogP contribution in [0.5, 0.6) is 0 Å². The van der Waals surface area contributed by atoms with Gasteiger partial charge < -0.3 is 5.32 Å². The van der Waals surface area contributed by atoms with E-state index in [0.29, 0.717) is 0 Å². The number of nitrogens with one attached hydrogen (secondary N) is 1. The molecule has 2 aromatic rings. The first-order chi connectivity index (χ1) is 8.70. The fourth-order valence-electron chi connectivity index (χ4n) is 1.99. The summed E-state index contributed by atoms with van der Waals surface area (Å²) in [5.41, 5.74) is 4.23. The molecule has 0 spiro atoms. The molecular weight excluding hydrogens is 227 g/mol. The van der Waals surface area contributed by atoms with Crippen molar-refractivity contribution in [1.29, 1.82) is 0 Å². The van der Waals surface area contributed by atoms with Gasteiger partial charge in [-0.05, 0) is 36.2 Å². The summed E-state index contributed by atoms with van der Waals surface area (Å²) < 4.78 is 13.2. The van der Waals surface area contributed by atoms with Crippen molar-refractivity contribution >= 4 is 0 Å². The van der Waals surface area contributed by atoms with Crippen LogP contribution >= 0.6 is 0 Å². The minimum absolute atomic E-state index is 0.302. The average Bonchev–Trinajstić information content (AvgIpc) is 2.36. The molecule has 1 aromatic carbocycles. The van der Waals surface area contributed by atoms with Crippen molar-refractivity contribution < 1.29 is 4.39 Å². The van der Waals surface area contributed by atoms with Gasteiger partial charge in [-0.15, -0.1) is 0 Å². The molecule has 0 aliphatic heterocycles. The number of hydrogen-bond acceptors (Lipinski definition) is 2. The highest BCUT2D eigenvalue weighted by molar-refractivity contribution is 5.66. The molecule has 0 saturated heterocycles. The number of hydrogen-bond donors (Lipinski definition) is 1. The lowest BCUT2D eigenvalue weighted by Gasteiger charge is -2.09. The number of halogens is 1. The van der Waals surface area contributed by atoms with E-state index in [-0.39, 0.29) is 5.82 Å². The van der Waals surface area contributed by atoms with Crippen LogP contribution in [0, 0.1) is 12.7 Å². The Labute approximate surface area is 107 Å². The van der Waals surface area contributed by atoms with Gasteiger partial charge in [0.1, 0.15) is 5.82 Å². The van der Waals surface area contributed by atoms with E-state index in [0.717, 1.165) is 29.8 Å². The van der Waals surface area contributed by atoms with Gasteiger partial charge in [-0.25, -0.2) is 4.39 Å². The lowest BCUT2D eigenvalue weighted by molar-refractivity contribution is 0.622. The van der Waals surface area contributed by atoms with Crippen LogP contribution in [0.3, 0.4) is 0 Å². The Morgan fingerprint density at radius 2 is 2.06 bits per heavy atom. The third-order valence-electron chi connectivity index (χ3n) is 2.89.